The van der Waals surface area contributed by atoms with Crippen LogP contribution in [0.3, 0.4) is 0 Å². The van der Waals surface area contributed by atoms with Crippen molar-refractivity contribution >= 4 is 5.97 Å². The maximum absolute atomic E-state index is 13.0. The molecule has 0 bridgehead atoms. The van der Waals surface area contributed by atoms with Crippen molar-refractivity contribution in [3.8, 4) is 17.6 Å². The Morgan fingerprint density at radius 2 is 2.10 bits per heavy atom. The molecule has 1 aliphatic heterocycles. The van der Waals surface area contributed by atoms with E-state index >= 15 is 0 Å². The van der Waals surface area contributed by atoms with Crippen LogP contribution in [0, 0.1) is 17.2 Å². The van der Waals surface area contributed by atoms with Crippen molar-refractivity contribution in [1.29, 1.82) is 5.26 Å². The van der Waals surface area contributed by atoms with Crippen molar-refractivity contribution in [2.24, 2.45) is 5.92 Å². The molecule has 1 aromatic rings. The lowest BCUT2D eigenvalue weighted by atomic mass is 9.63. The van der Waals surface area contributed by atoms with Crippen molar-refractivity contribution < 1.29 is 19.4 Å². The van der Waals surface area contributed by atoms with Crippen LogP contribution in [0.25, 0.3) is 0 Å². The number of phenols is 1. The summed E-state index contributed by atoms with van der Waals surface area (Å²) < 4.78 is 12.0. The predicted octanol–water partition coefficient (Wildman–Crippen LogP) is 5.66. The highest BCUT2D eigenvalue weighted by atomic mass is 16.5. The van der Waals surface area contributed by atoms with E-state index in [0.717, 1.165) is 49.7 Å². The van der Waals surface area contributed by atoms with Gasteiger partial charge in [0.1, 0.15) is 17.1 Å². The highest BCUT2D eigenvalue weighted by Gasteiger charge is 2.50. The summed E-state index contributed by atoms with van der Waals surface area (Å²) in [4.78, 5) is 13.0. The molecule has 2 aliphatic carbocycles. The first kappa shape index (κ1) is 21.7. The summed E-state index contributed by atoms with van der Waals surface area (Å²) in [5.41, 5.74) is 2.00. The SMILES string of the molecule is CC1=CCC2[C@@H](C1)c1c(O)cc(C3(C(=O)OCCCCC#N)CCC3)cc1OC2(C)C. The monoisotopic (exact) mass is 423 g/mol. The van der Waals surface area contributed by atoms with Crippen LogP contribution >= 0.6 is 0 Å². The number of unbranched alkanes of at least 4 members (excludes halogenated alkanes) is 2. The Morgan fingerprint density at radius 3 is 2.77 bits per heavy atom. The third kappa shape index (κ3) is 3.82. The third-order valence-electron chi connectivity index (χ3n) is 7.57. The molecule has 0 saturated heterocycles. The standard InChI is InChI=1S/C26H33NO4/c1-17-8-9-20-19(14-17)23-21(28)15-18(16-22(23)31-25(20,2)3)26(10-7-11-26)24(29)30-13-6-4-5-12-27/h8,15-16,19-20,28H,4-7,9-11,13-14H2,1-3H3/t19-,20?/m1/s1. The highest BCUT2D eigenvalue weighted by molar-refractivity contribution is 5.85. The lowest BCUT2D eigenvalue weighted by Crippen LogP contribution is -2.46. The number of ether oxygens (including phenoxy) is 2. The van der Waals surface area contributed by atoms with Gasteiger partial charge in [0.15, 0.2) is 0 Å². The van der Waals surface area contributed by atoms with Gasteiger partial charge in [-0.3, -0.25) is 4.79 Å². The lowest BCUT2D eigenvalue weighted by molar-refractivity contribution is -0.154. The molecule has 1 unspecified atom stereocenters. The molecule has 5 nitrogen and oxygen atoms in total. The average Bonchev–Trinajstić information content (AvgIpc) is 2.65. The Labute approximate surface area is 185 Å². The van der Waals surface area contributed by atoms with E-state index in [9.17, 15) is 9.90 Å². The van der Waals surface area contributed by atoms with Crippen molar-refractivity contribution in [2.45, 2.75) is 89.1 Å². The number of benzene rings is 1. The number of hydrogen-bond acceptors (Lipinski definition) is 5. The van der Waals surface area contributed by atoms with Crippen molar-refractivity contribution in [1.82, 2.24) is 0 Å². The summed E-state index contributed by atoms with van der Waals surface area (Å²) in [5, 5.41) is 19.7. The molecule has 0 radical (unpaired) electrons. The minimum absolute atomic E-state index is 0.223. The summed E-state index contributed by atoms with van der Waals surface area (Å²) in [7, 11) is 0. The number of nitrogens with zero attached hydrogens (tertiary/aromatic N) is 1. The predicted molar refractivity (Wildman–Crippen MR) is 118 cm³/mol. The zero-order valence-corrected chi connectivity index (χ0v) is 18.9. The van der Waals surface area contributed by atoms with Gasteiger partial charge in [-0.1, -0.05) is 18.1 Å². The molecule has 5 heteroatoms. The van der Waals surface area contributed by atoms with E-state index < -0.39 is 5.41 Å². The molecule has 1 fully saturated rings. The van der Waals surface area contributed by atoms with Crippen LogP contribution < -0.4 is 4.74 Å². The van der Waals surface area contributed by atoms with E-state index in [4.69, 9.17) is 14.7 Å². The topological polar surface area (TPSA) is 79.5 Å². The van der Waals surface area contributed by atoms with E-state index in [2.05, 4.69) is 32.9 Å². The van der Waals surface area contributed by atoms with E-state index in [1.165, 1.54) is 5.57 Å². The molecule has 1 saturated carbocycles. The van der Waals surface area contributed by atoms with Crippen LogP contribution in [0.2, 0.25) is 0 Å². The molecule has 3 aliphatic rings. The Kier molecular flexibility index (Phi) is 5.77. The van der Waals surface area contributed by atoms with Gasteiger partial charge in [0.05, 0.1) is 18.1 Å². The van der Waals surface area contributed by atoms with Crippen molar-refractivity contribution in [3.63, 3.8) is 0 Å². The molecular formula is C26H33NO4. The molecule has 0 amide bonds. The number of rotatable bonds is 6. The summed E-state index contributed by atoms with van der Waals surface area (Å²) >= 11 is 0. The second-order valence-corrected chi connectivity index (χ2v) is 10.0. The van der Waals surface area contributed by atoms with Crippen LogP contribution in [0.5, 0.6) is 11.5 Å². The number of hydrogen-bond donors (Lipinski definition) is 1. The van der Waals surface area contributed by atoms with Gasteiger partial charge in [0, 0.05) is 23.8 Å². The number of fused-ring (bicyclic) bond motifs is 3. The molecule has 4 rings (SSSR count). The van der Waals surface area contributed by atoms with Crippen LogP contribution in [-0.4, -0.2) is 23.3 Å². The highest BCUT2D eigenvalue weighted by Crippen LogP contribution is 2.56. The minimum atomic E-state index is -0.700. The van der Waals surface area contributed by atoms with Gasteiger partial charge >= 0.3 is 5.97 Å². The molecule has 1 aromatic carbocycles. The first-order valence-corrected chi connectivity index (χ1v) is 11.5. The fourth-order valence-electron chi connectivity index (χ4n) is 5.59. The van der Waals surface area contributed by atoms with Gasteiger partial charge in [0.2, 0.25) is 0 Å². The maximum atomic E-state index is 13.0. The summed E-state index contributed by atoms with van der Waals surface area (Å²) in [6, 6.07) is 5.87. The lowest BCUT2D eigenvalue weighted by Gasteiger charge is -2.48. The van der Waals surface area contributed by atoms with Crippen molar-refractivity contribution in [2.75, 3.05) is 6.61 Å². The fourth-order valence-corrected chi connectivity index (χ4v) is 5.59. The van der Waals surface area contributed by atoms with Gasteiger partial charge in [-0.05, 0) is 77.0 Å². The van der Waals surface area contributed by atoms with Crippen LogP contribution in [0.15, 0.2) is 23.8 Å². The molecule has 1 heterocycles. The molecule has 31 heavy (non-hydrogen) atoms. The molecule has 0 aromatic heterocycles. The maximum Gasteiger partial charge on any atom is 0.316 e. The number of nitriles is 1. The summed E-state index contributed by atoms with van der Waals surface area (Å²) in [5.74, 6) is 1.27. The third-order valence-corrected chi connectivity index (χ3v) is 7.57. The number of phenolic OH excluding ortho intramolecular Hbond substituents is 1. The Bertz CT molecular complexity index is 935. The number of aromatic hydroxyl groups is 1. The Morgan fingerprint density at radius 1 is 1.32 bits per heavy atom. The molecule has 2 atom stereocenters. The van der Waals surface area contributed by atoms with Gasteiger partial charge < -0.3 is 14.6 Å². The van der Waals surface area contributed by atoms with Crippen LogP contribution in [0.4, 0.5) is 0 Å². The zero-order valence-electron chi connectivity index (χ0n) is 18.9. The second kappa shape index (κ2) is 8.22. The van der Waals surface area contributed by atoms with E-state index in [1.807, 2.05) is 6.07 Å². The zero-order chi connectivity index (χ0) is 22.2. The second-order valence-electron chi connectivity index (χ2n) is 10.0. The van der Waals surface area contributed by atoms with Crippen LogP contribution in [-0.2, 0) is 14.9 Å². The van der Waals surface area contributed by atoms with E-state index in [-0.39, 0.29) is 23.2 Å². The minimum Gasteiger partial charge on any atom is -0.508 e. The van der Waals surface area contributed by atoms with Gasteiger partial charge in [-0.25, -0.2) is 0 Å². The normalized spacial score (nSPS) is 25.0. The Hall–Kier alpha value is -2.48. The molecule has 1 N–H and O–H groups in total. The van der Waals surface area contributed by atoms with Crippen LogP contribution in [0.1, 0.15) is 89.2 Å². The summed E-state index contributed by atoms with van der Waals surface area (Å²) in [6.45, 7) is 6.73. The first-order valence-electron chi connectivity index (χ1n) is 11.5. The summed E-state index contributed by atoms with van der Waals surface area (Å²) in [6.07, 6.45) is 8.47. The number of allylic oxidation sites excluding steroid dienone is 2. The molecular weight excluding hydrogens is 390 g/mol. The van der Waals surface area contributed by atoms with Gasteiger partial charge in [-0.2, -0.15) is 5.26 Å². The number of esters is 1. The van der Waals surface area contributed by atoms with Gasteiger partial charge in [-0.15, -0.1) is 0 Å². The quantitative estimate of drug-likeness (QED) is 0.363. The number of carbonyl (C=O) groups excluding carboxylic acids is 1. The smallest absolute Gasteiger partial charge is 0.316 e. The molecule has 166 valence electrons. The van der Waals surface area contributed by atoms with E-state index in [1.54, 1.807) is 6.07 Å². The van der Waals surface area contributed by atoms with E-state index in [0.29, 0.717) is 31.1 Å². The van der Waals surface area contributed by atoms with Crippen molar-refractivity contribution in [3.05, 3.63) is 34.9 Å². The molecule has 0 spiro atoms. The largest absolute Gasteiger partial charge is 0.508 e. The van der Waals surface area contributed by atoms with Gasteiger partial charge in [0.25, 0.3) is 0 Å². The fraction of sp³-hybridized carbons (Fsp3) is 0.615. The first-order chi connectivity index (χ1) is 14.8. The number of carbonyl (C=O) groups is 1. The Balaban J connectivity index is 1.62. The average molecular weight is 424 g/mol.